The van der Waals surface area contributed by atoms with Gasteiger partial charge in [-0.1, -0.05) is 18.6 Å². The van der Waals surface area contributed by atoms with E-state index in [1.165, 1.54) is 7.05 Å². The number of thioether (sulfide) groups is 1. The summed E-state index contributed by atoms with van der Waals surface area (Å²) in [5.41, 5.74) is 1.06. The molecule has 2 rings (SSSR count). The minimum Gasteiger partial charge on any atom is -0.322 e. The largest absolute Gasteiger partial charge is 0.389 e. The molecule has 0 unspecified atom stereocenters. The van der Waals surface area contributed by atoms with Crippen molar-refractivity contribution in [3.05, 3.63) is 54.1 Å². The van der Waals surface area contributed by atoms with Crippen molar-refractivity contribution in [3.63, 3.8) is 0 Å². The molecule has 5 nitrogen and oxygen atoms in total. The van der Waals surface area contributed by atoms with E-state index < -0.39 is 28.5 Å². The molecule has 0 saturated carbocycles. The van der Waals surface area contributed by atoms with Gasteiger partial charge in [-0.15, -0.1) is 11.8 Å². The van der Waals surface area contributed by atoms with Gasteiger partial charge >= 0.3 is 6.18 Å². The Bertz CT molecular complexity index is 978. The van der Waals surface area contributed by atoms with Crippen molar-refractivity contribution >= 4 is 39.1 Å². The zero-order chi connectivity index (χ0) is 23.1. The Balaban J connectivity index is 1.90. The van der Waals surface area contributed by atoms with Gasteiger partial charge in [0.15, 0.2) is 0 Å². The second kappa shape index (κ2) is 10.9. The van der Waals surface area contributed by atoms with Crippen LogP contribution in [0.1, 0.15) is 36.0 Å². The predicted octanol–water partition coefficient (Wildman–Crippen LogP) is 5.55. The molecule has 1 amide bonds. The maximum atomic E-state index is 12.7. The highest BCUT2D eigenvalue weighted by molar-refractivity contribution is 7.99. The number of rotatable bonds is 10. The number of nitrogens with one attached hydrogen (secondary N) is 1. The Morgan fingerprint density at radius 3 is 2.29 bits per heavy atom. The SMILES string of the molecule is CN(c1ccccc1C(=O)Nc1ccc(SCCCCCC(F)(F)F)cc1)S(C)(=O)=O. The van der Waals surface area contributed by atoms with E-state index in [2.05, 4.69) is 5.32 Å². The Hall–Kier alpha value is -2.20. The molecular formula is C21H25F3N2O3S2. The molecule has 2 aromatic carbocycles. The van der Waals surface area contributed by atoms with Crippen molar-refractivity contribution in [2.24, 2.45) is 0 Å². The first kappa shape index (κ1) is 25.1. The molecule has 0 aliphatic carbocycles. The smallest absolute Gasteiger partial charge is 0.322 e. The van der Waals surface area contributed by atoms with Crippen molar-refractivity contribution in [2.45, 2.75) is 36.8 Å². The van der Waals surface area contributed by atoms with Crippen LogP contribution in [0.3, 0.4) is 0 Å². The summed E-state index contributed by atoms with van der Waals surface area (Å²) >= 11 is 1.54. The Kier molecular flexibility index (Phi) is 8.81. The molecule has 31 heavy (non-hydrogen) atoms. The van der Waals surface area contributed by atoms with Crippen LogP contribution < -0.4 is 9.62 Å². The number of carbonyl (C=O) groups excluding carboxylic acids is 1. The fourth-order valence-corrected chi connectivity index (χ4v) is 4.18. The average molecular weight is 475 g/mol. The monoisotopic (exact) mass is 474 g/mol. The molecular weight excluding hydrogens is 449 g/mol. The Morgan fingerprint density at radius 1 is 1.03 bits per heavy atom. The number of unbranched alkanes of at least 4 members (excludes halogenated alkanes) is 2. The van der Waals surface area contributed by atoms with Crippen LogP contribution >= 0.6 is 11.8 Å². The van der Waals surface area contributed by atoms with Gasteiger partial charge in [-0.05, 0) is 55.0 Å². The molecule has 10 heteroatoms. The zero-order valence-corrected chi connectivity index (χ0v) is 18.9. The molecule has 1 N–H and O–H groups in total. The van der Waals surface area contributed by atoms with Crippen LogP contribution in [0.2, 0.25) is 0 Å². The van der Waals surface area contributed by atoms with E-state index in [0.29, 0.717) is 18.5 Å². The second-order valence-electron chi connectivity index (χ2n) is 7.00. The summed E-state index contributed by atoms with van der Waals surface area (Å²) in [4.78, 5) is 13.6. The summed E-state index contributed by atoms with van der Waals surface area (Å²) in [6.45, 7) is 0. The van der Waals surface area contributed by atoms with Crippen LogP contribution in [0.4, 0.5) is 24.5 Å². The topological polar surface area (TPSA) is 66.5 Å². The molecule has 0 aromatic heterocycles. The molecule has 170 valence electrons. The number of halogens is 3. The molecule has 0 aliphatic heterocycles. The number of hydrogen-bond donors (Lipinski definition) is 1. The van der Waals surface area contributed by atoms with Gasteiger partial charge in [-0.2, -0.15) is 13.2 Å². The molecule has 0 atom stereocenters. The van der Waals surface area contributed by atoms with Crippen LogP contribution in [0, 0.1) is 0 Å². The van der Waals surface area contributed by atoms with Gasteiger partial charge in [0.05, 0.1) is 17.5 Å². The van der Waals surface area contributed by atoms with Gasteiger partial charge in [0.25, 0.3) is 5.91 Å². The van der Waals surface area contributed by atoms with E-state index in [-0.39, 0.29) is 17.7 Å². The molecule has 0 fully saturated rings. The third-order valence-electron chi connectivity index (χ3n) is 4.47. The first-order valence-corrected chi connectivity index (χ1v) is 12.4. The lowest BCUT2D eigenvalue weighted by Crippen LogP contribution is -2.27. The van der Waals surface area contributed by atoms with Crippen molar-refractivity contribution in [1.29, 1.82) is 0 Å². The summed E-state index contributed by atoms with van der Waals surface area (Å²) < 4.78 is 61.1. The maximum absolute atomic E-state index is 12.7. The molecule has 0 bridgehead atoms. The highest BCUT2D eigenvalue weighted by atomic mass is 32.2. The lowest BCUT2D eigenvalue weighted by atomic mass is 10.1. The van der Waals surface area contributed by atoms with Crippen LogP contribution in [-0.2, 0) is 10.0 Å². The predicted molar refractivity (Wildman–Crippen MR) is 119 cm³/mol. The number of carbonyl (C=O) groups is 1. The van der Waals surface area contributed by atoms with Crippen molar-refractivity contribution < 1.29 is 26.4 Å². The number of benzene rings is 2. The molecule has 0 spiro atoms. The van der Waals surface area contributed by atoms with Crippen molar-refractivity contribution in [1.82, 2.24) is 0 Å². The first-order chi connectivity index (χ1) is 14.5. The molecule has 0 radical (unpaired) electrons. The fraction of sp³-hybridized carbons (Fsp3) is 0.381. The van der Waals surface area contributed by atoms with Gasteiger partial charge in [-0.3, -0.25) is 9.10 Å². The van der Waals surface area contributed by atoms with Gasteiger partial charge in [0.1, 0.15) is 0 Å². The van der Waals surface area contributed by atoms with Gasteiger partial charge in [0, 0.05) is 24.1 Å². The lowest BCUT2D eigenvalue weighted by Gasteiger charge is -2.19. The van der Waals surface area contributed by atoms with E-state index in [1.54, 1.807) is 48.2 Å². The third-order valence-corrected chi connectivity index (χ3v) is 6.76. The molecule has 2 aromatic rings. The van der Waals surface area contributed by atoms with E-state index >= 15 is 0 Å². The number of sulfonamides is 1. The fourth-order valence-electron chi connectivity index (χ4n) is 2.75. The average Bonchev–Trinajstić information content (AvgIpc) is 2.69. The number of amides is 1. The maximum Gasteiger partial charge on any atom is 0.389 e. The number of para-hydroxylation sites is 1. The summed E-state index contributed by atoms with van der Waals surface area (Å²) in [5.74, 6) is 0.283. The number of alkyl halides is 3. The van der Waals surface area contributed by atoms with Crippen LogP contribution in [0.5, 0.6) is 0 Å². The summed E-state index contributed by atoms with van der Waals surface area (Å²) in [6, 6.07) is 13.5. The van der Waals surface area contributed by atoms with Crippen LogP contribution in [0.15, 0.2) is 53.4 Å². The summed E-state index contributed by atoms with van der Waals surface area (Å²) in [5, 5.41) is 2.75. The lowest BCUT2D eigenvalue weighted by molar-refractivity contribution is -0.135. The van der Waals surface area contributed by atoms with E-state index in [1.807, 2.05) is 12.1 Å². The van der Waals surface area contributed by atoms with Crippen LogP contribution in [0.25, 0.3) is 0 Å². The second-order valence-corrected chi connectivity index (χ2v) is 10.2. The van der Waals surface area contributed by atoms with Gasteiger partial charge in [0.2, 0.25) is 10.0 Å². The van der Waals surface area contributed by atoms with Gasteiger partial charge in [-0.25, -0.2) is 8.42 Å². The minimum atomic E-state index is -4.09. The van der Waals surface area contributed by atoms with E-state index in [0.717, 1.165) is 21.2 Å². The zero-order valence-electron chi connectivity index (χ0n) is 17.3. The molecule has 0 saturated heterocycles. The Morgan fingerprint density at radius 2 is 1.68 bits per heavy atom. The quantitative estimate of drug-likeness (QED) is 0.362. The molecule has 0 heterocycles. The summed E-state index contributed by atoms with van der Waals surface area (Å²) in [6.07, 6.45) is -2.39. The first-order valence-electron chi connectivity index (χ1n) is 9.61. The standard InChI is InChI=1S/C21H25F3N2O3S2/c1-26(31(2,28)29)19-9-5-4-8-18(19)20(27)25-16-10-12-17(13-11-16)30-15-7-3-6-14-21(22,23)24/h4-5,8-13H,3,6-7,14-15H2,1-2H3,(H,25,27). The van der Waals surface area contributed by atoms with Crippen molar-refractivity contribution in [3.8, 4) is 0 Å². The Labute approximate surface area is 185 Å². The molecule has 0 aliphatic rings. The van der Waals surface area contributed by atoms with Crippen molar-refractivity contribution in [2.75, 3.05) is 28.7 Å². The highest BCUT2D eigenvalue weighted by Gasteiger charge is 2.25. The summed E-state index contributed by atoms with van der Waals surface area (Å²) in [7, 11) is -2.13. The normalized spacial score (nSPS) is 11.9. The van der Waals surface area contributed by atoms with Gasteiger partial charge < -0.3 is 5.32 Å². The number of hydrogen-bond acceptors (Lipinski definition) is 4. The highest BCUT2D eigenvalue weighted by Crippen LogP contribution is 2.26. The van der Waals surface area contributed by atoms with Crippen LogP contribution in [-0.4, -0.2) is 39.6 Å². The number of anilines is 2. The third kappa shape index (κ3) is 8.45. The number of nitrogens with zero attached hydrogens (tertiary/aromatic N) is 1. The minimum absolute atomic E-state index is 0.144. The van der Waals surface area contributed by atoms with E-state index in [9.17, 15) is 26.4 Å². The van der Waals surface area contributed by atoms with E-state index in [4.69, 9.17) is 0 Å².